The van der Waals surface area contributed by atoms with E-state index in [9.17, 15) is 0 Å². The third-order valence-corrected chi connectivity index (χ3v) is 3.39. The van der Waals surface area contributed by atoms with Gasteiger partial charge in [-0.3, -0.25) is 10.4 Å². The molecule has 0 aliphatic carbocycles. The van der Waals surface area contributed by atoms with Crippen LogP contribution in [0.3, 0.4) is 0 Å². The minimum Gasteiger partial charge on any atom is -0.278 e. The summed E-state index contributed by atoms with van der Waals surface area (Å²) in [6.45, 7) is 0. The molecule has 0 amide bonds. The molecule has 4 heteroatoms. The number of fused-ring (bicyclic) bond motifs is 1. The average Bonchev–Trinajstić information content (AvgIpc) is 2.48. The number of hydrazone groups is 1. The number of hydrogen-bond acceptors (Lipinski definition) is 3. The van der Waals surface area contributed by atoms with Crippen molar-refractivity contribution >= 4 is 38.7 Å². The highest BCUT2D eigenvalue weighted by Crippen LogP contribution is 2.21. The zero-order valence-electron chi connectivity index (χ0n) is 10.6. The highest BCUT2D eigenvalue weighted by molar-refractivity contribution is 9.10. The summed E-state index contributed by atoms with van der Waals surface area (Å²) in [5.41, 5.74) is 6.00. The van der Waals surface area contributed by atoms with Gasteiger partial charge in [0.2, 0.25) is 0 Å². The quantitative estimate of drug-likeness (QED) is 0.570. The van der Waals surface area contributed by atoms with Gasteiger partial charge in [-0.25, -0.2) is 0 Å². The van der Waals surface area contributed by atoms with Gasteiger partial charge in [0.15, 0.2) is 0 Å². The van der Waals surface area contributed by atoms with Crippen molar-refractivity contribution < 1.29 is 0 Å². The van der Waals surface area contributed by atoms with Gasteiger partial charge >= 0.3 is 0 Å². The predicted molar refractivity (Wildman–Crippen MR) is 87.1 cm³/mol. The van der Waals surface area contributed by atoms with Crippen LogP contribution in [0.2, 0.25) is 0 Å². The van der Waals surface area contributed by atoms with E-state index >= 15 is 0 Å². The fourth-order valence-electron chi connectivity index (χ4n) is 1.96. The summed E-state index contributed by atoms with van der Waals surface area (Å²) in [6.07, 6.45) is 3.58. The summed E-state index contributed by atoms with van der Waals surface area (Å²) < 4.78 is 1.04. The molecule has 20 heavy (non-hydrogen) atoms. The number of rotatable bonds is 3. The summed E-state index contributed by atoms with van der Waals surface area (Å²) in [7, 11) is 0. The van der Waals surface area contributed by atoms with Crippen LogP contribution in [0.1, 0.15) is 5.56 Å². The van der Waals surface area contributed by atoms with Crippen LogP contribution in [0.5, 0.6) is 0 Å². The Morgan fingerprint density at radius 3 is 2.85 bits per heavy atom. The SMILES string of the molecule is Brc1cccc(/C=N/Nc2cccc3ncccc23)c1. The summed E-state index contributed by atoms with van der Waals surface area (Å²) >= 11 is 3.44. The lowest BCUT2D eigenvalue weighted by Crippen LogP contribution is -1.92. The predicted octanol–water partition coefficient (Wildman–Crippen LogP) is 4.44. The molecule has 0 aliphatic rings. The molecule has 0 fully saturated rings. The standard InChI is InChI=1S/C16H12BrN3/c17-13-5-1-4-12(10-13)11-19-20-16-8-2-7-15-14(16)6-3-9-18-15/h1-11,20H/b19-11+. The van der Waals surface area contributed by atoms with Gasteiger partial charge in [0, 0.05) is 16.1 Å². The van der Waals surface area contributed by atoms with Crippen molar-refractivity contribution in [2.75, 3.05) is 5.43 Å². The molecule has 0 saturated heterocycles. The molecule has 1 aromatic heterocycles. The maximum absolute atomic E-state index is 4.32. The van der Waals surface area contributed by atoms with Gasteiger partial charge in [0.05, 0.1) is 17.4 Å². The van der Waals surface area contributed by atoms with Gasteiger partial charge in [0.1, 0.15) is 0 Å². The van der Waals surface area contributed by atoms with Gasteiger partial charge in [0.25, 0.3) is 0 Å². The first-order valence-corrected chi connectivity index (χ1v) is 7.00. The summed E-state index contributed by atoms with van der Waals surface area (Å²) in [5.74, 6) is 0. The smallest absolute Gasteiger partial charge is 0.0723 e. The van der Waals surface area contributed by atoms with Crippen LogP contribution in [-0.4, -0.2) is 11.2 Å². The lowest BCUT2D eigenvalue weighted by molar-refractivity contribution is 1.35. The Hall–Kier alpha value is -2.20. The number of hydrogen-bond donors (Lipinski definition) is 1. The van der Waals surface area contributed by atoms with Crippen molar-refractivity contribution in [3.63, 3.8) is 0 Å². The Kier molecular flexibility index (Phi) is 3.74. The highest BCUT2D eigenvalue weighted by Gasteiger charge is 1.98. The summed E-state index contributed by atoms with van der Waals surface area (Å²) in [6, 6.07) is 17.9. The Morgan fingerprint density at radius 1 is 1.05 bits per heavy atom. The van der Waals surface area contributed by atoms with Crippen LogP contribution < -0.4 is 5.43 Å². The van der Waals surface area contributed by atoms with Gasteiger partial charge in [-0.05, 0) is 42.0 Å². The van der Waals surface area contributed by atoms with E-state index in [1.807, 2.05) is 54.6 Å². The zero-order valence-corrected chi connectivity index (χ0v) is 12.2. The molecular formula is C16H12BrN3. The van der Waals surface area contributed by atoms with Crippen molar-refractivity contribution in [2.45, 2.75) is 0 Å². The zero-order chi connectivity index (χ0) is 13.8. The van der Waals surface area contributed by atoms with Crippen LogP contribution >= 0.6 is 15.9 Å². The van der Waals surface area contributed by atoms with Gasteiger partial charge in [-0.15, -0.1) is 0 Å². The highest BCUT2D eigenvalue weighted by atomic mass is 79.9. The average molecular weight is 326 g/mol. The topological polar surface area (TPSA) is 37.3 Å². The van der Waals surface area contributed by atoms with Crippen LogP contribution in [0.25, 0.3) is 10.9 Å². The van der Waals surface area contributed by atoms with E-state index in [0.717, 1.165) is 26.6 Å². The first-order chi connectivity index (χ1) is 9.83. The number of halogens is 1. The van der Waals surface area contributed by atoms with E-state index < -0.39 is 0 Å². The normalized spacial score (nSPS) is 11.1. The van der Waals surface area contributed by atoms with Crippen molar-refractivity contribution in [1.29, 1.82) is 0 Å². The fraction of sp³-hybridized carbons (Fsp3) is 0. The maximum Gasteiger partial charge on any atom is 0.0723 e. The molecule has 0 spiro atoms. The van der Waals surface area contributed by atoms with Gasteiger partial charge < -0.3 is 0 Å². The molecule has 0 radical (unpaired) electrons. The Balaban J connectivity index is 1.84. The number of anilines is 1. The Bertz CT molecular complexity index is 763. The lowest BCUT2D eigenvalue weighted by atomic mass is 10.2. The van der Waals surface area contributed by atoms with E-state index in [-0.39, 0.29) is 0 Å². The van der Waals surface area contributed by atoms with Crippen LogP contribution in [0, 0.1) is 0 Å². The second-order valence-electron chi connectivity index (χ2n) is 4.30. The fourth-order valence-corrected chi connectivity index (χ4v) is 2.38. The third-order valence-electron chi connectivity index (χ3n) is 2.89. The first-order valence-electron chi connectivity index (χ1n) is 6.21. The maximum atomic E-state index is 4.32. The molecule has 2 aromatic carbocycles. The largest absolute Gasteiger partial charge is 0.278 e. The monoisotopic (exact) mass is 325 g/mol. The van der Waals surface area contributed by atoms with Crippen LogP contribution in [-0.2, 0) is 0 Å². The molecule has 3 rings (SSSR count). The number of nitrogens with one attached hydrogen (secondary N) is 1. The van der Waals surface area contributed by atoms with Gasteiger partial charge in [-0.2, -0.15) is 5.10 Å². The van der Waals surface area contributed by atoms with E-state index in [2.05, 4.69) is 31.4 Å². The number of aromatic nitrogens is 1. The van der Waals surface area contributed by atoms with Crippen molar-refractivity contribution in [2.24, 2.45) is 5.10 Å². The Morgan fingerprint density at radius 2 is 1.95 bits per heavy atom. The third kappa shape index (κ3) is 2.86. The molecule has 3 aromatic rings. The van der Waals surface area contributed by atoms with E-state index in [1.54, 1.807) is 12.4 Å². The van der Waals surface area contributed by atoms with Gasteiger partial charge in [-0.1, -0.05) is 34.1 Å². The molecule has 1 N–H and O–H groups in total. The van der Waals surface area contributed by atoms with Crippen LogP contribution in [0.15, 0.2) is 70.4 Å². The van der Waals surface area contributed by atoms with E-state index in [1.165, 1.54) is 0 Å². The number of pyridine rings is 1. The van der Waals surface area contributed by atoms with E-state index in [4.69, 9.17) is 0 Å². The molecule has 0 saturated carbocycles. The molecule has 0 bridgehead atoms. The lowest BCUT2D eigenvalue weighted by Gasteiger charge is -2.04. The molecule has 3 nitrogen and oxygen atoms in total. The molecule has 0 unspecified atom stereocenters. The molecule has 1 heterocycles. The second kappa shape index (κ2) is 5.84. The molecule has 0 atom stereocenters. The summed E-state index contributed by atoms with van der Waals surface area (Å²) in [5, 5.41) is 5.34. The minimum atomic E-state index is 0.946. The Labute approximate surface area is 125 Å². The van der Waals surface area contributed by atoms with Crippen molar-refractivity contribution in [1.82, 2.24) is 4.98 Å². The number of nitrogens with zero attached hydrogens (tertiary/aromatic N) is 2. The minimum absolute atomic E-state index is 0.946. The molecular weight excluding hydrogens is 314 g/mol. The number of benzene rings is 2. The first kappa shape index (κ1) is 12.8. The van der Waals surface area contributed by atoms with Crippen LogP contribution in [0.4, 0.5) is 5.69 Å². The molecule has 98 valence electrons. The van der Waals surface area contributed by atoms with Crippen molar-refractivity contribution in [3.8, 4) is 0 Å². The molecule has 0 aliphatic heterocycles. The summed E-state index contributed by atoms with van der Waals surface area (Å²) in [4.78, 5) is 4.32. The van der Waals surface area contributed by atoms with Crippen molar-refractivity contribution in [3.05, 3.63) is 70.8 Å². The van der Waals surface area contributed by atoms with E-state index in [0.29, 0.717) is 0 Å². The second-order valence-corrected chi connectivity index (χ2v) is 5.22.